The van der Waals surface area contributed by atoms with E-state index in [9.17, 15) is 18.0 Å². The first-order chi connectivity index (χ1) is 18.2. The van der Waals surface area contributed by atoms with Crippen LogP contribution in [0.4, 0.5) is 5.69 Å². The predicted molar refractivity (Wildman–Crippen MR) is 160 cm³/mol. The summed E-state index contributed by atoms with van der Waals surface area (Å²) in [4.78, 5) is 29.2. The summed E-state index contributed by atoms with van der Waals surface area (Å²) in [6.07, 6.45) is 1.30. The van der Waals surface area contributed by atoms with Crippen molar-refractivity contribution in [2.24, 2.45) is 0 Å². The Morgan fingerprint density at radius 3 is 2.05 bits per heavy atom. The van der Waals surface area contributed by atoms with Crippen LogP contribution in [0.25, 0.3) is 0 Å². The van der Waals surface area contributed by atoms with Crippen LogP contribution < -0.4 is 9.62 Å². The summed E-state index contributed by atoms with van der Waals surface area (Å²) in [5.74, 6) is -0.836. The molecular formula is C29H33BrClN3O4S. The van der Waals surface area contributed by atoms with E-state index in [2.05, 4.69) is 21.2 Å². The summed E-state index contributed by atoms with van der Waals surface area (Å²) >= 11 is 9.43. The number of halogens is 2. The summed E-state index contributed by atoms with van der Waals surface area (Å²) in [7, 11) is -3.84. The fraction of sp³-hybridized carbons (Fsp3) is 0.310. The minimum atomic E-state index is -3.84. The van der Waals surface area contributed by atoms with Gasteiger partial charge in [-0.25, -0.2) is 8.42 Å². The van der Waals surface area contributed by atoms with Gasteiger partial charge in [-0.3, -0.25) is 13.9 Å². The molecule has 0 aliphatic heterocycles. The highest BCUT2D eigenvalue weighted by atomic mass is 79.9. The van der Waals surface area contributed by atoms with Crippen molar-refractivity contribution in [3.8, 4) is 0 Å². The molecular weight excluding hydrogens is 602 g/mol. The Morgan fingerprint density at radius 1 is 0.923 bits per heavy atom. The molecule has 0 heterocycles. The first-order valence-corrected chi connectivity index (χ1v) is 15.4. The molecule has 10 heteroatoms. The largest absolute Gasteiger partial charge is 0.350 e. The molecule has 0 radical (unpaired) electrons. The van der Waals surface area contributed by atoms with Crippen LogP contribution in [0, 0.1) is 0 Å². The first-order valence-electron chi connectivity index (χ1n) is 12.4. The molecule has 1 atom stereocenters. The lowest BCUT2D eigenvalue weighted by atomic mass is 10.0. The highest BCUT2D eigenvalue weighted by molar-refractivity contribution is 9.10. The fourth-order valence-electron chi connectivity index (χ4n) is 4.01. The van der Waals surface area contributed by atoms with Gasteiger partial charge in [0.05, 0.1) is 11.9 Å². The van der Waals surface area contributed by atoms with Crippen molar-refractivity contribution in [2.75, 3.05) is 17.1 Å². The highest BCUT2D eigenvalue weighted by Gasteiger charge is 2.34. The number of carbonyl (C=O) groups is 2. The Morgan fingerprint density at radius 2 is 1.51 bits per heavy atom. The quantitative estimate of drug-likeness (QED) is 0.323. The molecule has 39 heavy (non-hydrogen) atoms. The van der Waals surface area contributed by atoms with Crippen LogP contribution in [-0.4, -0.2) is 49.5 Å². The Balaban J connectivity index is 2.06. The van der Waals surface area contributed by atoms with E-state index in [-0.39, 0.29) is 18.9 Å². The van der Waals surface area contributed by atoms with Crippen LogP contribution in [0.1, 0.15) is 31.9 Å². The van der Waals surface area contributed by atoms with Crippen molar-refractivity contribution in [3.05, 3.63) is 99.5 Å². The summed E-state index contributed by atoms with van der Waals surface area (Å²) in [6, 6.07) is 22.2. The Kier molecular flexibility index (Phi) is 10.2. The van der Waals surface area contributed by atoms with Gasteiger partial charge in [0.1, 0.15) is 12.6 Å². The van der Waals surface area contributed by atoms with Gasteiger partial charge in [-0.15, -0.1) is 0 Å². The van der Waals surface area contributed by atoms with Crippen LogP contribution in [-0.2, 0) is 32.6 Å². The zero-order valence-corrected chi connectivity index (χ0v) is 25.6. The zero-order chi connectivity index (χ0) is 28.8. The summed E-state index contributed by atoms with van der Waals surface area (Å²) < 4.78 is 27.5. The monoisotopic (exact) mass is 633 g/mol. The fourth-order valence-corrected chi connectivity index (χ4v) is 5.25. The molecule has 0 fully saturated rings. The SMILES string of the molecule is CC(C)(C)NC(=O)[C@H](Cc1ccccc1)N(Cc1ccc(Br)cc1)C(=O)CN(c1ccc(Cl)cc1)S(C)(=O)=O. The van der Waals surface area contributed by atoms with Gasteiger partial charge in [0.2, 0.25) is 21.8 Å². The Bertz CT molecular complexity index is 1380. The zero-order valence-electron chi connectivity index (χ0n) is 22.4. The van der Waals surface area contributed by atoms with Gasteiger partial charge in [0, 0.05) is 28.0 Å². The number of rotatable bonds is 10. The van der Waals surface area contributed by atoms with Gasteiger partial charge in [0.15, 0.2) is 0 Å². The van der Waals surface area contributed by atoms with Crippen molar-refractivity contribution in [2.45, 2.75) is 45.3 Å². The van der Waals surface area contributed by atoms with Crippen LogP contribution in [0.3, 0.4) is 0 Å². The molecule has 0 spiro atoms. The van der Waals surface area contributed by atoms with Gasteiger partial charge >= 0.3 is 0 Å². The summed E-state index contributed by atoms with van der Waals surface area (Å²) in [5.41, 5.74) is 1.43. The van der Waals surface area contributed by atoms with Crippen LogP contribution in [0.15, 0.2) is 83.3 Å². The van der Waals surface area contributed by atoms with Crippen molar-refractivity contribution in [1.82, 2.24) is 10.2 Å². The molecule has 7 nitrogen and oxygen atoms in total. The van der Waals surface area contributed by atoms with Gasteiger partial charge in [-0.2, -0.15) is 0 Å². The molecule has 0 bridgehead atoms. The number of nitrogens with one attached hydrogen (secondary N) is 1. The Labute approximate surface area is 244 Å². The van der Waals surface area contributed by atoms with Crippen LogP contribution in [0.2, 0.25) is 5.02 Å². The number of anilines is 1. The average Bonchev–Trinajstić information content (AvgIpc) is 2.85. The molecule has 208 valence electrons. The standard InChI is InChI=1S/C29H33BrClN3O4S/c1-29(2,3)32-28(36)26(18-21-8-6-5-7-9-21)33(19-22-10-12-23(30)13-11-22)27(35)20-34(39(4,37)38)25-16-14-24(31)15-17-25/h5-17,26H,18-20H2,1-4H3,(H,32,36)/t26-/m0/s1. The lowest BCUT2D eigenvalue weighted by Crippen LogP contribution is -2.56. The number of sulfonamides is 1. The number of carbonyl (C=O) groups excluding carboxylic acids is 2. The van der Waals surface area contributed by atoms with E-state index in [4.69, 9.17) is 11.6 Å². The molecule has 2 amide bonds. The smallest absolute Gasteiger partial charge is 0.244 e. The molecule has 3 aromatic carbocycles. The molecule has 0 aliphatic rings. The van der Waals surface area contributed by atoms with E-state index in [1.807, 2.05) is 75.4 Å². The molecule has 3 aromatic rings. The number of nitrogens with zero attached hydrogens (tertiary/aromatic N) is 2. The molecule has 3 rings (SSSR count). The van der Waals surface area contributed by atoms with Gasteiger partial charge in [-0.05, 0) is 68.3 Å². The van der Waals surface area contributed by atoms with Crippen LogP contribution in [0.5, 0.6) is 0 Å². The number of benzene rings is 3. The second kappa shape index (κ2) is 13.0. The lowest BCUT2D eigenvalue weighted by Gasteiger charge is -2.35. The third-order valence-electron chi connectivity index (χ3n) is 5.83. The van der Waals surface area contributed by atoms with E-state index in [1.165, 1.54) is 4.90 Å². The highest BCUT2D eigenvalue weighted by Crippen LogP contribution is 2.23. The third kappa shape index (κ3) is 9.37. The van der Waals surface area contributed by atoms with Crippen LogP contribution >= 0.6 is 27.5 Å². The summed E-state index contributed by atoms with van der Waals surface area (Å²) in [6.45, 7) is 5.25. The van der Waals surface area contributed by atoms with E-state index in [1.54, 1.807) is 24.3 Å². The second-order valence-corrected chi connectivity index (χ2v) is 13.6. The molecule has 0 aliphatic carbocycles. The maximum absolute atomic E-state index is 14.0. The normalized spacial score (nSPS) is 12.5. The van der Waals surface area contributed by atoms with Gasteiger partial charge in [0.25, 0.3) is 0 Å². The predicted octanol–water partition coefficient (Wildman–Crippen LogP) is 5.42. The van der Waals surface area contributed by atoms with E-state index in [0.29, 0.717) is 10.7 Å². The van der Waals surface area contributed by atoms with E-state index < -0.39 is 34.1 Å². The minimum Gasteiger partial charge on any atom is -0.350 e. The average molecular weight is 635 g/mol. The van der Waals surface area contributed by atoms with Crippen molar-refractivity contribution in [1.29, 1.82) is 0 Å². The lowest BCUT2D eigenvalue weighted by molar-refractivity contribution is -0.140. The van der Waals surface area contributed by atoms with E-state index in [0.717, 1.165) is 26.2 Å². The number of hydrogen-bond donors (Lipinski definition) is 1. The molecule has 0 saturated carbocycles. The number of amides is 2. The second-order valence-electron chi connectivity index (χ2n) is 10.3. The maximum atomic E-state index is 14.0. The third-order valence-corrected chi connectivity index (χ3v) is 7.75. The topological polar surface area (TPSA) is 86.8 Å². The number of hydrogen-bond acceptors (Lipinski definition) is 4. The molecule has 0 aromatic heterocycles. The minimum absolute atomic E-state index is 0.111. The first kappa shape index (κ1) is 30.7. The van der Waals surface area contributed by atoms with Gasteiger partial charge in [-0.1, -0.05) is 70.0 Å². The maximum Gasteiger partial charge on any atom is 0.244 e. The van der Waals surface area contributed by atoms with Crippen molar-refractivity contribution >= 4 is 55.1 Å². The molecule has 0 saturated heterocycles. The summed E-state index contributed by atoms with van der Waals surface area (Å²) in [5, 5.41) is 3.45. The van der Waals surface area contributed by atoms with Crippen molar-refractivity contribution in [3.63, 3.8) is 0 Å². The molecule has 0 unspecified atom stereocenters. The molecule has 1 N–H and O–H groups in total. The van der Waals surface area contributed by atoms with E-state index >= 15 is 0 Å². The van der Waals surface area contributed by atoms with Crippen molar-refractivity contribution < 1.29 is 18.0 Å². The Hall–Kier alpha value is -2.88. The van der Waals surface area contributed by atoms with Gasteiger partial charge < -0.3 is 10.2 Å².